The summed E-state index contributed by atoms with van der Waals surface area (Å²) >= 11 is 0. The van der Waals surface area contributed by atoms with Gasteiger partial charge >= 0.3 is 12.2 Å². The van der Waals surface area contributed by atoms with Crippen molar-refractivity contribution in [2.75, 3.05) is 47.6 Å². The van der Waals surface area contributed by atoms with Gasteiger partial charge in [0, 0.05) is 25.8 Å². The number of amides is 4. The number of likely N-dealkylation sites (tertiary alicyclic amines) is 2. The largest absolute Gasteiger partial charge is 0.490 e. The summed E-state index contributed by atoms with van der Waals surface area (Å²) in [5.74, 6) is 1.44. The molecule has 2 aliphatic rings. The van der Waals surface area contributed by atoms with E-state index in [1.165, 1.54) is 14.2 Å². The number of hydrogen-bond donors (Lipinski definition) is 4. The fourth-order valence-electron chi connectivity index (χ4n) is 7.80. The quantitative estimate of drug-likeness (QED) is 0.0998. The standard InChI is InChI=1S/C43H56N8O8/c1-25(2)36(48-42(54)57-6)40(52)50-18-8-10-33(50)38-44-23-31(46-38)28-14-12-27(13-15-28)29-16-17-30(35(22-29)59-21-20-56-5)32-24-45-39(47-32)34-11-9-19-51(34)41(53)37(26(3)4)49-43(55)58-7/h12-17,22-26,33-34,36-37H,8-11,18-21H2,1-7H3,(H,44,46)(H,45,47)(H,48,54)(H,49,55). The van der Waals surface area contributed by atoms with Crippen LogP contribution in [0, 0.1) is 11.8 Å². The molecule has 0 saturated carbocycles. The van der Waals surface area contributed by atoms with Gasteiger partial charge in [0.1, 0.15) is 36.1 Å². The van der Waals surface area contributed by atoms with E-state index in [2.05, 4.69) is 25.6 Å². The number of methoxy groups -OCH3 is 3. The second-order valence-corrected chi connectivity index (χ2v) is 15.6. The molecule has 2 aromatic carbocycles. The maximum absolute atomic E-state index is 13.7. The van der Waals surface area contributed by atoms with Crippen LogP contribution in [0.5, 0.6) is 5.75 Å². The first-order valence-electron chi connectivity index (χ1n) is 20.2. The van der Waals surface area contributed by atoms with E-state index >= 15 is 0 Å². The van der Waals surface area contributed by atoms with Crippen LogP contribution < -0.4 is 15.4 Å². The first kappa shape index (κ1) is 42.7. The SMILES string of the molecule is COCCOc1cc(-c2ccc(-c3cnc(C4CCCN4C(=O)C(NC(=O)OC)C(C)C)[nH]3)cc2)ccc1-c1cnc(C2CCCN2C(=O)C(NC(=O)OC)C(C)C)[nH]1. The summed E-state index contributed by atoms with van der Waals surface area (Å²) in [6.45, 7) is 9.45. The Bertz CT molecular complexity index is 2080. The lowest BCUT2D eigenvalue weighted by Crippen LogP contribution is -2.51. The number of imidazole rings is 2. The van der Waals surface area contributed by atoms with Gasteiger partial charge in [-0.25, -0.2) is 19.6 Å². The molecule has 2 saturated heterocycles. The number of nitrogens with one attached hydrogen (secondary N) is 4. The van der Waals surface area contributed by atoms with Crippen LogP contribution in [0.25, 0.3) is 33.6 Å². The van der Waals surface area contributed by atoms with E-state index in [0.29, 0.717) is 43.7 Å². The Morgan fingerprint density at radius 2 is 1.19 bits per heavy atom. The van der Waals surface area contributed by atoms with E-state index in [4.69, 9.17) is 23.9 Å². The third kappa shape index (κ3) is 9.70. The first-order chi connectivity index (χ1) is 28.4. The van der Waals surface area contributed by atoms with Crippen molar-refractivity contribution in [3.63, 3.8) is 0 Å². The molecule has 59 heavy (non-hydrogen) atoms. The number of alkyl carbamates (subject to hydrolysis) is 2. The Kier molecular flexibility index (Phi) is 13.9. The Hall–Kier alpha value is -5.90. The fraction of sp³-hybridized carbons (Fsp3) is 0.488. The zero-order valence-electron chi connectivity index (χ0n) is 34.9. The molecule has 0 bridgehead atoms. The number of nitrogens with zero attached hydrogens (tertiary/aromatic N) is 4. The normalized spacial score (nSPS) is 17.6. The molecule has 0 spiro atoms. The van der Waals surface area contributed by atoms with Crippen molar-refractivity contribution in [2.45, 2.75) is 77.5 Å². The van der Waals surface area contributed by atoms with Crippen LogP contribution in [-0.2, 0) is 23.8 Å². The fourth-order valence-corrected chi connectivity index (χ4v) is 7.80. The highest BCUT2D eigenvalue weighted by Gasteiger charge is 2.39. The van der Waals surface area contributed by atoms with Crippen molar-refractivity contribution < 1.29 is 38.1 Å². The summed E-state index contributed by atoms with van der Waals surface area (Å²) < 4.78 is 21.1. The second kappa shape index (κ2) is 19.2. The number of ether oxygens (including phenoxy) is 4. The number of benzene rings is 2. The molecule has 316 valence electrons. The van der Waals surface area contributed by atoms with Gasteiger partial charge in [0.05, 0.1) is 56.7 Å². The van der Waals surface area contributed by atoms with Crippen LogP contribution >= 0.6 is 0 Å². The van der Waals surface area contributed by atoms with Gasteiger partial charge in [-0.05, 0) is 66.3 Å². The number of H-pyrrole nitrogens is 2. The predicted octanol–water partition coefficient (Wildman–Crippen LogP) is 6.25. The van der Waals surface area contributed by atoms with Gasteiger partial charge in [0.15, 0.2) is 0 Å². The molecule has 4 aromatic rings. The minimum atomic E-state index is -0.723. The number of aromatic nitrogens is 4. The van der Waals surface area contributed by atoms with E-state index in [1.54, 1.807) is 29.3 Å². The van der Waals surface area contributed by atoms with Gasteiger partial charge in [-0.3, -0.25) is 9.59 Å². The molecule has 6 rings (SSSR count). The average molecular weight is 813 g/mol. The van der Waals surface area contributed by atoms with Crippen molar-refractivity contribution in [1.29, 1.82) is 0 Å². The molecular weight excluding hydrogens is 757 g/mol. The van der Waals surface area contributed by atoms with E-state index < -0.39 is 24.3 Å². The molecule has 4 heterocycles. The number of rotatable bonds is 15. The molecule has 16 heteroatoms. The number of carbonyl (C=O) groups excluding carboxylic acids is 4. The summed E-state index contributed by atoms with van der Waals surface area (Å²) in [6, 6.07) is 12.2. The highest BCUT2D eigenvalue weighted by molar-refractivity contribution is 5.87. The second-order valence-electron chi connectivity index (χ2n) is 15.6. The Morgan fingerprint density at radius 1 is 0.695 bits per heavy atom. The topological polar surface area (TPSA) is 193 Å². The van der Waals surface area contributed by atoms with E-state index in [-0.39, 0.29) is 35.7 Å². The number of hydrogen-bond acceptors (Lipinski definition) is 10. The van der Waals surface area contributed by atoms with Gasteiger partial charge in [-0.2, -0.15) is 0 Å². The van der Waals surface area contributed by atoms with Crippen LogP contribution in [0.2, 0.25) is 0 Å². The molecule has 4 atom stereocenters. The van der Waals surface area contributed by atoms with Crippen LogP contribution in [0.1, 0.15) is 77.1 Å². The van der Waals surface area contributed by atoms with E-state index in [9.17, 15) is 19.2 Å². The Morgan fingerprint density at radius 3 is 1.69 bits per heavy atom. The number of aromatic amines is 2. The molecule has 0 aliphatic carbocycles. The van der Waals surface area contributed by atoms with Gasteiger partial charge < -0.3 is 49.3 Å². The molecule has 2 aliphatic heterocycles. The molecule has 4 unspecified atom stereocenters. The van der Waals surface area contributed by atoms with Gasteiger partial charge in [-0.1, -0.05) is 58.0 Å². The highest BCUT2D eigenvalue weighted by Crippen LogP contribution is 2.38. The van der Waals surface area contributed by atoms with Crippen LogP contribution in [0.3, 0.4) is 0 Å². The summed E-state index contributed by atoms with van der Waals surface area (Å²) in [6.07, 6.45) is 5.42. The Balaban J connectivity index is 1.19. The van der Waals surface area contributed by atoms with Crippen LogP contribution in [0.4, 0.5) is 9.59 Å². The zero-order valence-corrected chi connectivity index (χ0v) is 34.9. The maximum Gasteiger partial charge on any atom is 0.407 e. The first-order valence-corrected chi connectivity index (χ1v) is 20.2. The minimum absolute atomic E-state index is 0.120. The molecule has 4 amide bonds. The molecule has 16 nitrogen and oxygen atoms in total. The van der Waals surface area contributed by atoms with Gasteiger partial charge in [0.25, 0.3) is 0 Å². The van der Waals surface area contributed by atoms with Gasteiger partial charge in [-0.15, -0.1) is 0 Å². The van der Waals surface area contributed by atoms with Crippen molar-refractivity contribution >= 4 is 24.0 Å². The lowest BCUT2D eigenvalue weighted by molar-refractivity contribution is -0.136. The summed E-state index contributed by atoms with van der Waals surface area (Å²) in [5, 5.41) is 5.39. The van der Waals surface area contributed by atoms with E-state index in [0.717, 1.165) is 59.3 Å². The third-order valence-corrected chi connectivity index (χ3v) is 11.0. The predicted molar refractivity (Wildman–Crippen MR) is 220 cm³/mol. The van der Waals surface area contributed by atoms with Crippen molar-refractivity contribution in [3.05, 3.63) is 66.5 Å². The molecule has 4 N–H and O–H groups in total. The lowest BCUT2D eigenvalue weighted by Gasteiger charge is -2.30. The van der Waals surface area contributed by atoms with Crippen LogP contribution in [0.15, 0.2) is 54.9 Å². The van der Waals surface area contributed by atoms with Crippen molar-refractivity contribution in [3.8, 4) is 39.4 Å². The van der Waals surface area contributed by atoms with Gasteiger partial charge in [0.2, 0.25) is 11.8 Å². The summed E-state index contributed by atoms with van der Waals surface area (Å²) in [5.41, 5.74) is 5.26. The summed E-state index contributed by atoms with van der Waals surface area (Å²) in [7, 11) is 4.19. The Labute approximate surface area is 344 Å². The maximum atomic E-state index is 13.7. The van der Waals surface area contributed by atoms with Crippen molar-refractivity contribution in [1.82, 2.24) is 40.4 Å². The zero-order chi connectivity index (χ0) is 42.2. The van der Waals surface area contributed by atoms with Crippen molar-refractivity contribution in [2.24, 2.45) is 11.8 Å². The van der Waals surface area contributed by atoms with Crippen LogP contribution in [-0.4, -0.2) is 113 Å². The molecule has 2 fully saturated rings. The average Bonchev–Trinajstić information content (AvgIpc) is 4.08. The lowest BCUT2D eigenvalue weighted by atomic mass is 10.00. The smallest absolute Gasteiger partial charge is 0.407 e. The summed E-state index contributed by atoms with van der Waals surface area (Å²) in [4.78, 5) is 71.2. The highest BCUT2D eigenvalue weighted by atomic mass is 16.5. The van der Waals surface area contributed by atoms with E-state index in [1.807, 2.05) is 70.2 Å². The monoisotopic (exact) mass is 812 g/mol. The molecule has 0 radical (unpaired) electrons. The molecular formula is C43H56N8O8. The third-order valence-electron chi connectivity index (χ3n) is 11.0. The molecule has 2 aromatic heterocycles. The minimum Gasteiger partial charge on any atom is -0.490 e. The number of carbonyl (C=O) groups is 4.